The molecule has 0 atom stereocenters. The minimum Gasteiger partial charge on any atom is -0.454 e. The summed E-state index contributed by atoms with van der Waals surface area (Å²) >= 11 is 0. The molecule has 1 aromatic carbocycles. The van der Waals surface area contributed by atoms with E-state index in [1.807, 2.05) is 0 Å². The maximum absolute atomic E-state index is 10.6. The molecule has 2 rings (SSSR count). The van der Waals surface area contributed by atoms with Crippen molar-refractivity contribution < 1.29 is 22.1 Å². The van der Waals surface area contributed by atoms with Crippen LogP contribution in [0.4, 0.5) is 0 Å². The van der Waals surface area contributed by atoms with Crippen LogP contribution >= 0.6 is 0 Å². The number of fused-ring (bicyclic) bond motifs is 1. The minimum absolute atomic E-state index is 0.0942. The number of hydrogen-bond donors (Lipinski definition) is 1. The Morgan fingerprint density at radius 2 is 2.00 bits per heavy atom. The molecule has 0 radical (unpaired) electrons. The molecular formula is C7H7NO5S. The van der Waals surface area contributed by atoms with Gasteiger partial charge in [-0.1, -0.05) is 0 Å². The van der Waals surface area contributed by atoms with Crippen LogP contribution in [0.2, 0.25) is 0 Å². The van der Waals surface area contributed by atoms with Gasteiger partial charge in [0.1, 0.15) is 5.75 Å². The van der Waals surface area contributed by atoms with Gasteiger partial charge in [0.25, 0.3) is 0 Å². The van der Waals surface area contributed by atoms with Crippen molar-refractivity contribution in [3.05, 3.63) is 18.2 Å². The van der Waals surface area contributed by atoms with E-state index in [2.05, 4.69) is 4.18 Å². The fraction of sp³-hybridized carbons (Fsp3) is 0.143. The highest BCUT2D eigenvalue weighted by Crippen LogP contribution is 2.35. The van der Waals surface area contributed by atoms with Crippen LogP contribution in [0.5, 0.6) is 17.2 Å². The van der Waals surface area contributed by atoms with Gasteiger partial charge in [0.2, 0.25) is 6.79 Å². The lowest BCUT2D eigenvalue weighted by Crippen LogP contribution is -2.18. The Morgan fingerprint density at radius 1 is 1.29 bits per heavy atom. The van der Waals surface area contributed by atoms with E-state index in [9.17, 15) is 8.42 Å². The molecule has 7 heteroatoms. The smallest absolute Gasteiger partial charge is 0.380 e. The van der Waals surface area contributed by atoms with Crippen molar-refractivity contribution in [1.29, 1.82) is 0 Å². The molecule has 1 aromatic rings. The molecule has 0 bridgehead atoms. The van der Waals surface area contributed by atoms with Crippen molar-refractivity contribution in [1.82, 2.24) is 0 Å². The lowest BCUT2D eigenvalue weighted by atomic mass is 10.3. The first-order valence-corrected chi connectivity index (χ1v) is 5.13. The molecule has 0 unspecified atom stereocenters. The van der Waals surface area contributed by atoms with Gasteiger partial charge >= 0.3 is 10.3 Å². The SMILES string of the molecule is NS(=O)(=O)Oc1ccc2c(c1)OCO2. The van der Waals surface area contributed by atoms with Crippen LogP contribution in [0.15, 0.2) is 18.2 Å². The lowest BCUT2D eigenvalue weighted by molar-refractivity contribution is 0.174. The molecule has 76 valence electrons. The zero-order valence-electron chi connectivity index (χ0n) is 6.97. The van der Waals surface area contributed by atoms with Crippen LogP contribution in [0.25, 0.3) is 0 Å². The minimum atomic E-state index is -3.99. The summed E-state index contributed by atoms with van der Waals surface area (Å²) in [6.45, 7) is 0.119. The molecule has 0 saturated carbocycles. The molecule has 0 aliphatic carbocycles. The summed E-state index contributed by atoms with van der Waals surface area (Å²) in [5.41, 5.74) is 0. The third-order valence-corrected chi connectivity index (χ3v) is 1.98. The van der Waals surface area contributed by atoms with Gasteiger partial charge in [-0.2, -0.15) is 13.6 Å². The zero-order valence-corrected chi connectivity index (χ0v) is 7.78. The maximum atomic E-state index is 10.6. The Morgan fingerprint density at radius 3 is 2.71 bits per heavy atom. The number of ether oxygens (including phenoxy) is 2. The highest BCUT2D eigenvalue weighted by molar-refractivity contribution is 7.84. The van der Waals surface area contributed by atoms with Crippen LogP contribution < -0.4 is 18.8 Å². The maximum Gasteiger partial charge on any atom is 0.380 e. The summed E-state index contributed by atoms with van der Waals surface area (Å²) in [6, 6.07) is 4.37. The van der Waals surface area contributed by atoms with Gasteiger partial charge in [-0.25, -0.2) is 0 Å². The Hall–Kier alpha value is -1.47. The molecule has 0 amide bonds. The average molecular weight is 217 g/mol. The number of rotatable bonds is 2. The van der Waals surface area contributed by atoms with E-state index in [-0.39, 0.29) is 12.5 Å². The molecule has 0 spiro atoms. The highest BCUT2D eigenvalue weighted by Gasteiger charge is 2.15. The van der Waals surface area contributed by atoms with Gasteiger partial charge in [0.05, 0.1) is 0 Å². The van der Waals surface area contributed by atoms with Gasteiger partial charge in [0.15, 0.2) is 11.5 Å². The first kappa shape index (κ1) is 9.10. The van der Waals surface area contributed by atoms with E-state index in [0.29, 0.717) is 11.5 Å². The van der Waals surface area contributed by atoms with E-state index in [4.69, 9.17) is 14.6 Å². The molecule has 2 N–H and O–H groups in total. The molecule has 1 aliphatic rings. The molecule has 0 fully saturated rings. The monoisotopic (exact) mass is 217 g/mol. The lowest BCUT2D eigenvalue weighted by Gasteiger charge is -2.02. The van der Waals surface area contributed by atoms with Crippen LogP contribution in [0.1, 0.15) is 0 Å². The molecular weight excluding hydrogens is 210 g/mol. The van der Waals surface area contributed by atoms with Gasteiger partial charge in [-0.05, 0) is 12.1 Å². The van der Waals surface area contributed by atoms with E-state index in [1.165, 1.54) is 12.1 Å². The summed E-state index contributed by atoms with van der Waals surface area (Å²) in [6.07, 6.45) is 0. The second kappa shape index (κ2) is 3.03. The molecule has 0 saturated heterocycles. The third-order valence-electron chi connectivity index (χ3n) is 1.56. The normalized spacial score (nSPS) is 14.1. The van der Waals surface area contributed by atoms with Gasteiger partial charge < -0.3 is 13.7 Å². The summed E-state index contributed by atoms with van der Waals surface area (Å²) in [5.74, 6) is 1.08. The van der Waals surface area contributed by atoms with Crippen molar-refractivity contribution in [3.63, 3.8) is 0 Å². The first-order valence-electron chi connectivity index (χ1n) is 3.66. The molecule has 6 nitrogen and oxygen atoms in total. The van der Waals surface area contributed by atoms with E-state index in [0.717, 1.165) is 0 Å². The van der Waals surface area contributed by atoms with E-state index in [1.54, 1.807) is 6.07 Å². The fourth-order valence-corrected chi connectivity index (χ4v) is 1.43. The first-order chi connectivity index (χ1) is 6.54. The topological polar surface area (TPSA) is 87.9 Å². The second-order valence-electron chi connectivity index (χ2n) is 2.59. The Balaban J connectivity index is 2.29. The van der Waals surface area contributed by atoms with Crippen LogP contribution in [0, 0.1) is 0 Å². The van der Waals surface area contributed by atoms with Gasteiger partial charge in [-0.3, -0.25) is 0 Å². The highest BCUT2D eigenvalue weighted by atomic mass is 32.2. The third kappa shape index (κ3) is 1.88. The Bertz CT molecular complexity index is 455. The van der Waals surface area contributed by atoms with E-state index < -0.39 is 10.3 Å². The van der Waals surface area contributed by atoms with Crippen molar-refractivity contribution in [2.75, 3.05) is 6.79 Å². The van der Waals surface area contributed by atoms with E-state index >= 15 is 0 Å². The summed E-state index contributed by atoms with van der Waals surface area (Å²) in [4.78, 5) is 0. The molecule has 0 aromatic heterocycles. The van der Waals surface area contributed by atoms with Crippen molar-refractivity contribution >= 4 is 10.3 Å². The zero-order chi connectivity index (χ0) is 10.2. The van der Waals surface area contributed by atoms with Gasteiger partial charge in [0, 0.05) is 6.07 Å². The van der Waals surface area contributed by atoms with Crippen LogP contribution in [-0.4, -0.2) is 15.2 Å². The fourth-order valence-electron chi connectivity index (χ4n) is 1.06. The molecule has 14 heavy (non-hydrogen) atoms. The van der Waals surface area contributed by atoms with Crippen molar-refractivity contribution in [2.24, 2.45) is 5.14 Å². The Kier molecular flexibility index (Phi) is 1.97. The number of hydrogen-bond acceptors (Lipinski definition) is 5. The predicted molar refractivity (Wildman–Crippen MR) is 46.3 cm³/mol. The molecule has 1 heterocycles. The standard InChI is InChI=1S/C7H7NO5S/c8-14(9,10)13-5-1-2-6-7(3-5)12-4-11-6/h1-3H,4H2,(H2,8,9,10). The van der Waals surface area contributed by atoms with Crippen LogP contribution in [0.3, 0.4) is 0 Å². The average Bonchev–Trinajstić information content (AvgIpc) is 2.47. The van der Waals surface area contributed by atoms with Gasteiger partial charge in [-0.15, -0.1) is 0 Å². The second-order valence-corrected chi connectivity index (χ2v) is 3.74. The predicted octanol–water partition coefficient (Wildman–Crippen LogP) is -0.00240. The number of benzene rings is 1. The summed E-state index contributed by atoms with van der Waals surface area (Å²) in [5, 5.41) is 4.69. The quantitative estimate of drug-likeness (QED) is 0.753. The van der Waals surface area contributed by atoms with Crippen LogP contribution in [-0.2, 0) is 10.3 Å². The summed E-state index contributed by atoms with van der Waals surface area (Å²) < 4.78 is 35.7. The Labute approximate surface area is 80.4 Å². The van der Waals surface area contributed by atoms with Crippen molar-refractivity contribution in [3.8, 4) is 17.2 Å². The summed E-state index contributed by atoms with van der Waals surface area (Å²) in [7, 11) is -3.99. The molecule has 1 aliphatic heterocycles. The number of nitrogens with two attached hydrogens (primary N) is 1. The van der Waals surface area contributed by atoms with Crippen molar-refractivity contribution in [2.45, 2.75) is 0 Å². The largest absolute Gasteiger partial charge is 0.454 e.